The van der Waals surface area contributed by atoms with E-state index in [1.165, 1.54) is 22.3 Å². The third-order valence-electron chi connectivity index (χ3n) is 4.76. The van der Waals surface area contributed by atoms with E-state index < -0.39 is 0 Å². The lowest BCUT2D eigenvalue weighted by Gasteiger charge is -2.17. The van der Waals surface area contributed by atoms with Gasteiger partial charge in [0.2, 0.25) is 0 Å². The van der Waals surface area contributed by atoms with Crippen molar-refractivity contribution in [2.45, 2.75) is 79.1 Å². The second-order valence-electron chi connectivity index (χ2n) is 7.65. The molecule has 25 heavy (non-hydrogen) atoms. The van der Waals surface area contributed by atoms with Gasteiger partial charge < -0.3 is 4.74 Å². The molecule has 0 aromatic heterocycles. The van der Waals surface area contributed by atoms with Gasteiger partial charge in [0, 0.05) is 0 Å². The molecule has 0 atom stereocenters. The minimum absolute atomic E-state index is 0.547. The molecule has 0 fully saturated rings. The molecule has 0 heterocycles. The average molecular weight is 339 g/mol. The van der Waals surface area contributed by atoms with E-state index in [-0.39, 0.29) is 0 Å². The second-order valence-corrected chi connectivity index (χ2v) is 7.65. The van der Waals surface area contributed by atoms with Crippen LogP contribution in [0.1, 0.15) is 88.5 Å². The zero-order chi connectivity index (χ0) is 18.4. The fraction of sp³-hybridized carbons (Fsp3) is 0.500. The molecule has 0 unspecified atom stereocenters. The highest BCUT2D eigenvalue weighted by atomic mass is 16.5. The Morgan fingerprint density at radius 3 is 1.40 bits per heavy atom. The van der Waals surface area contributed by atoms with Crippen molar-refractivity contribution in [2.24, 2.45) is 0 Å². The molecule has 2 aromatic rings. The molecule has 0 saturated heterocycles. The maximum absolute atomic E-state index is 6.42. The number of ether oxygens (including phenoxy) is 1. The average Bonchev–Trinajstić information content (AvgIpc) is 2.58. The lowest BCUT2D eigenvalue weighted by molar-refractivity contribution is 0.468. The fourth-order valence-electron chi connectivity index (χ4n) is 3.16. The summed E-state index contributed by atoms with van der Waals surface area (Å²) < 4.78 is 6.42. The Labute approximate surface area is 154 Å². The predicted octanol–water partition coefficient (Wildman–Crippen LogP) is 7.63. The first-order chi connectivity index (χ1) is 12.0. The summed E-state index contributed by atoms with van der Waals surface area (Å²) in [6.07, 6.45) is 4.38. The summed E-state index contributed by atoms with van der Waals surface area (Å²) in [5.41, 5.74) is 5.42. The molecule has 2 aromatic carbocycles. The van der Waals surface area contributed by atoms with Crippen LogP contribution in [0.4, 0.5) is 0 Å². The summed E-state index contributed by atoms with van der Waals surface area (Å²) in [6, 6.07) is 13.4. The van der Waals surface area contributed by atoms with Crippen molar-refractivity contribution in [1.82, 2.24) is 0 Å². The molecular formula is C24H34O. The highest BCUT2D eigenvalue weighted by molar-refractivity contribution is 5.45. The van der Waals surface area contributed by atoms with Gasteiger partial charge in [0.1, 0.15) is 11.5 Å². The van der Waals surface area contributed by atoms with Crippen molar-refractivity contribution in [2.75, 3.05) is 0 Å². The van der Waals surface area contributed by atoms with Gasteiger partial charge in [0.15, 0.2) is 0 Å². The third kappa shape index (κ3) is 5.11. The van der Waals surface area contributed by atoms with Crippen molar-refractivity contribution in [3.63, 3.8) is 0 Å². The molecule has 0 radical (unpaired) electrons. The Kier molecular flexibility index (Phi) is 7.11. The Balaban J connectivity index is 2.37. The Hall–Kier alpha value is -1.76. The Morgan fingerprint density at radius 2 is 1.08 bits per heavy atom. The standard InChI is InChI=1S/C24H34O/c1-7-9-21-15-19(17(3)4)11-13-23(21)25-24-14-12-20(18(5)6)16-22(24)10-8-2/h11-18H,7-10H2,1-6H3. The first-order valence-electron chi connectivity index (χ1n) is 9.89. The van der Waals surface area contributed by atoms with Crippen molar-refractivity contribution < 1.29 is 4.74 Å². The van der Waals surface area contributed by atoms with Crippen molar-refractivity contribution >= 4 is 0 Å². The smallest absolute Gasteiger partial charge is 0.130 e. The van der Waals surface area contributed by atoms with Gasteiger partial charge in [0.25, 0.3) is 0 Å². The van der Waals surface area contributed by atoms with Gasteiger partial charge >= 0.3 is 0 Å². The second kappa shape index (κ2) is 9.08. The quantitative estimate of drug-likeness (QED) is 0.480. The van der Waals surface area contributed by atoms with Crippen LogP contribution < -0.4 is 4.74 Å². The number of hydrogen-bond donors (Lipinski definition) is 0. The van der Waals surface area contributed by atoms with Crippen molar-refractivity contribution in [3.05, 3.63) is 58.7 Å². The van der Waals surface area contributed by atoms with Crippen molar-refractivity contribution in [3.8, 4) is 11.5 Å². The van der Waals surface area contributed by atoms with Crippen LogP contribution in [0.15, 0.2) is 36.4 Å². The summed E-state index contributed by atoms with van der Waals surface area (Å²) in [6.45, 7) is 13.4. The van der Waals surface area contributed by atoms with Crippen LogP contribution in [-0.2, 0) is 12.8 Å². The molecule has 1 heteroatoms. The van der Waals surface area contributed by atoms with E-state index in [0.717, 1.165) is 37.2 Å². The minimum atomic E-state index is 0.547. The summed E-state index contributed by atoms with van der Waals surface area (Å²) in [7, 11) is 0. The Morgan fingerprint density at radius 1 is 0.680 bits per heavy atom. The van der Waals surface area contributed by atoms with Crippen molar-refractivity contribution in [1.29, 1.82) is 0 Å². The maximum Gasteiger partial charge on any atom is 0.130 e. The van der Waals surface area contributed by atoms with Gasteiger partial charge in [-0.05, 0) is 59.1 Å². The zero-order valence-electron chi connectivity index (χ0n) is 16.9. The first-order valence-corrected chi connectivity index (χ1v) is 9.89. The summed E-state index contributed by atoms with van der Waals surface area (Å²) >= 11 is 0. The molecule has 0 spiro atoms. The van der Waals surface area contributed by atoms with Gasteiger partial charge in [-0.25, -0.2) is 0 Å². The highest BCUT2D eigenvalue weighted by Crippen LogP contribution is 2.33. The first kappa shape index (κ1) is 19.6. The topological polar surface area (TPSA) is 9.23 Å². The van der Waals surface area contributed by atoms with Crippen LogP contribution in [0, 0.1) is 0 Å². The number of hydrogen-bond acceptors (Lipinski definition) is 1. The van der Waals surface area contributed by atoms with E-state index in [0.29, 0.717) is 11.8 Å². The van der Waals surface area contributed by atoms with Gasteiger partial charge in [0.05, 0.1) is 0 Å². The van der Waals surface area contributed by atoms with Crippen LogP contribution in [-0.4, -0.2) is 0 Å². The highest BCUT2D eigenvalue weighted by Gasteiger charge is 2.12. The molecule has 0 aliphatic rings. The van der Waals surface area contributed by atoms with Crippen LogP contribution in [0.2, 0.25) is 0 Å². The Bertz CT molecular complexity index is 623. The molecule has 2 rings (SSSR count). The van der Waals surface area contributed by atoms with Gasteiger partial charge in [-0.3, -0.25) is 0 Å². The zero-order valence-corrected chi connectivity index (χ0v) is 16.9. The molecule has 136 valence electrons. The van der Waals surface area contributed by atoms with Gasteiger partial charge in [-0.1, -0.05) is 78.6 Å². The normalized spacial score (nSPS) is 11.4. The SMILES string of the molecule is CCCc1cc(C(C)C)ccc1Oc1ccc(C(C)C)cc1CCC. The number of rotatable bonds is 8. The largest absolute Gasteiger partial charge is 0.457 e. The van der Waals surface area contributed by atoms with Gasteiger partial charge in [-0.2, -0.15) is 0 Å². The van der Waals surface area contributed by atoms with E-state index in [2.05, 4.69) is 77.9 Å². The molecule has 0 saturated carbocycles. The molecule has 1 nitrogen and oxygen atoms in total. The van der Waals surface area contributed by atoms with E-state index in [4.69, 9.17) is 4.74 Å². The van der Waals surface area contributed by atoms with E-state index >= 15 is 0 Å². The lowest BCUT2D eigenvalue weighted by Crippen LogP contribution is -1.99. The molecule has 0 N–H and O–H groups in total. The van der Waals surface area contributed by atoms with Crippen LogP contribution >= 0.6 is 0 Å². The predicted molar refractivity (Wildman–Crippen MR) is 109 cm³/mol. The maximum atomic E-state index is 6.42. The molecular weight excluding hydrogens is 304 g/mol. The van der Waals surface area contributed by atoms with Gasteiger partial charge in [-0.15, -0.1) is 0 Å². The molecule has 0 amide bonds. The van der Waals surface area contributed by atoms with Crippen LogP contribution in [0.25, 0.3) is 0 Å². The molecule has 0 bridgehead atoms. The fourth-order valence-corrected chi connectivity index (χ4v) is 3.16. The summed E-state index contributed by atoms with van der Waals surface area (Å²) in [5.74, 6) is 3.12. The minimum Gasteiger partial charge on any atom is -0.457 e. The third-order valence-corrected chi connectivity index (χ3v) is 4.76. The summed E-state index contributed by atoms with van der Waals surface area (Å²) in [4.78, 5) is 0. The van der Waals surface area contributed by atoms with E-state index in [1.54, 1.807) is 0 Å². The van der Waals surface area contributed by atoms with E-state index in [1.807, 2.05) is 0 Å². The monoisotopic (exact) mass is 338 g/mol. The van der Waals surface area contributed by atoms with Crippen LogP contribution in [0.3, 0.4) is 0 Å². The number of benzene rings is 2. The lowest BCUT2D eigenvalue weighted by atomic mass is 9.97. The molecule has 0 aliphatic heterocycles. The van der Waals surface area contributed by atoms with E-state index in [9.17, 15) is 0 Å². The molecule has 0 aliphatic carbocycles. The van der Waals surface area contributed by atoms with Crippen LogP contribution in [0.5, 0.6) is 11.5 Å². The number of aryl methyl sites for hydroxylation is 2. The summed E-state index contributed by atoms with van der Waals surface area (Å²) in [5, 5.41) is 0.